The van der Waals surface area contributed by atoms with E-state index in [0.717, 1.165) is 56.1 Å². The average Bonchev–Trinajstić information content (AvgIpc) is 4.07. The van der Waals surface area contributed by atoms with Gasteiger partial charge in [0.05, 0.1) is 11.0 Å². The van der Waals surface area contributed by atoms with Crippen molar-refractivity contribution in [1.29, 1.82) is 0 Å². The van der Waals surface area contributed by atoms with Crippen LogP contribution in [0.25, 0.3) is 55.1 Å². The minimum absolute atomic E-state index is 0. The Bertz CT molecular complexity index is 3930. The Morgan fingerprint density at radius 2 is 1.07 bits per heavy atom. The Hall–Kier alpha value is -7.40. The summed E-state index contributed by atoms with van der Waals surface area (Å²) in [7, 11) is 0. The molecule has 0 fully saturated rings. The molecule has 1 aliphatic rings. The number of hydrogen-bond acceptors (Lipinski definition) is 4. The number of fused-ring (bicyclic) bond motifs is 7. The summed E-state index contributed by atoms with van der Waals surface area (Å²) in [6, 6.07) is 71.0. The zero-order chi connectivity index (χ0) is 52.2. The van der Waals surface area contributed by atoms with Crippen LogP contribution in [0.3, 0.4) is 0 Å². The van der Waals surface area contributed by atoms with Crippen LogP contribution in [-0.4, -0.2) is 14.1 Å². The molecule has 0 atom stereocenters. The van der Waals surface area contributed by atoms with Gasteiger partial charge in [-0.1, -0.05) is 167 Å². The monoisotopic (exact) mass is 1170 g/mol. The molecule has 76 heavy (non-hydrogen) atoms. The molecule has 8 aromatic carbocycles. The second kappa shape index (κ2) is 18.7. The van der Waals surface area contributed by atoms with Crippen molar-refractivity contribution < 1.29 is 25.8 Å². The quantitative estimate of drug-likeness (QED) is 0.142. The Kier molecular flexibility index (Phi) is 12.5. The minimum Gasteiger partial charge on any atom is -0.509 e. The minimum atomic E-state index is -0.314. The van der Waals surface area contributed by atoms with Crippen LogP contribution < -0.4 is 14.5 Å². The molecule has 6 nitrogen and oxygen atoms in total. The van der Waals surface area contributed by atoms with Crippen molar-refractivity contribution in [1.82, 2.24) is 14.1 Å². The smallest absolute Gasteiger partial charge is 0.135 e. The average molecular weight is 1170 g/mol. The number of nitrogens with zero attached hydrogens (tertiary/aromatic N) is 5. The van der Waals surface area contributed by atoms with Gasteiger partial charge in [-0.15, -0.1) is 48.1 Å². The molecule has 0 unspecified atom stereocenters. The number of rotatable bonds is 8. The van der Waals surface area contributed by atoms with Gasteiger partial charge in [-0.3, -0.25) is 0 Å². The second-order valence-electron chi connectivity index (χ2n) is 23.9. The number of aromatic nitrogens is 3. The first-order valence-corrected chi connectivity index (χ1v) is 26.3. The topological polar surface area (TPSA) is 38.5 Å². The molecule has 7 heteroatoms. The van der Waals surface area contributed by atoms with Gasteiger partial charge in [-0.2, -0.15) is 12.1 Å². The van der Waals surface area contributed by atoms with E-state index < -0.39 is 0 Å². The van der Waals surface area contributed by atoms with Crippen molar-refractivity contribution in [3.05, 3.63) is 229 Å². The third kappa shape index (κ3) is 8.79. The first-order valence-electron chi connectivity index (χ1n) is 26.3. The first kappa shape index (κ1) is 50.7. The molecule has 0 aliphatic carbocycles. The summed E-state index contributed by atoms with van der Waals surface area (Å²) in [6.07, 6.45) is 1.92. The van der Waals surface area contributed by atoms with Crippen LogP contribution in [0.15, 0.2) is 182 Å². The zero-order valence-corrected chi connectivity index (χ0v) is 47.6. The van der Waals surface area contributed by atoms with Crippen LogP contribution in [-0.2, 0) is 42.7 Å². The summed E-state index contributed by atoms with van der Waals surface area (Å²) in [5, 5.41) is 4.63. The molecule has 0 bridgehead atoms. The van der Waals surface area contributed by atoms with Crippen LogP contribution in [0.1, 0.15) is 104 Å². The molecule has 1 aliphatic heterocycles. The zero-order valence-electron chi connectivity index (χ0n) is 45.4. The van der Waals surface area contributed by atoms with Crippen molar-refractivity contribution in [2.75, 3.05) is 9.80 Å². The van der Waals surface area contributed by atoms with E-state index in [4.69, 9.17) is 9.72 Å². The van der Waals surface area contributed by atoms with Crippen molar-refractivity contribution in [2.45, 2.75) is 97.8 Å². The Balaban J connectivity index is 0.00000616. The molecule has 0 saturated heterocycles. The summed E-state index contributed by atoms with van der Waals surface area (Å²) in [6.45, 7) is 27.4. The third-order valence-corrected chi connectivity index (χ3v) is 15.4. The molecular formula is C69H64N5OPt-3. The van der Waals surface area contributed by atoms with E-state index in [0.29, 0.717) is 11.5 Å². The number of benzene rings is 8. The summed E-state index contributed by atoms with van der Waals surface area (Å²) in [4.78, 5) is 9.68. The van der Waals surface area contributed by atoms with Gasteiger partial charge in [0.25, 0.3) is 0 Å². The normalized spacial score (nSPS) is 13.2. The van der Waals surface area contributed by atoms with Gasteiger partial charge in [0.1, 0.15) is 5.82 Å². The molecule has 3 aromatic heterocycles. The molecule has 11 aromatic rings. The molecule has 0 amide bonds. The number of anilines is 4. The van der Waals surface area contributed by atoms with Gasteiger partial charge < -0.3 is 23.7 Å². The van der Waals surface area contributed by atoms with E-state index in [1.807, 2.05) is 18.3 Å². The van der Waals surface area contributed by atoms with Crippen LogP contribution >= 0.6 is 0 Å². The van der Waals surface area contributed by atoms with Crippen molar-refractivity contribution in [3.63, 3.8) is 0 Å². The van der Waals surface area contributed by atoms with E-state index in [-0.39, 0.29) is 42.7 Å². The molecule has 384 valence electrons. The molecular weight excluding hydrogens is 1110 g/mol. The maximum Gasteiger partial charge on any atom is 0.135 e. The molecule has 0 N–H and O–H groups in total. The maximum atomic E-state index is 6.87. The molecule has 4 heterocycles. The van der Waals surface area contributed by atoms with Gasteiger partial charge >= 0.3 is 0 Å². The van der Waals surface area contributed by atoms with E-state index >= 15 is 0 Å². The molecule has 0 radical (unpaired) electrons. The van der Waals surface area contributed by atoms with E-state index in [1.165, 1.54) is 49.6 Å². The van der Waals surface area contributed by atoms with Crippen molar-refractivity contribution in [3.8, 4) is 23.0 Å². The van der Waals surface area contributed by atoms with E-state index in [2.05, 4.69) is 278 Å². The Labute approximate surface area is 462 Å². The predicted molar refractivity (Wildman–Crippen MR) is 313 cm³/mol. The van der Waals surface area contributed by atoms with Gasteiger partial charge in [0.2, 0.25) is 0 Å². The summed E-state index contributed by atoms with van der Waals surface area (Å²) in [5.41, 5.74) is 15.4. The van der Waals surface area contributed by atoms with Crippen molar-refractivity contribution in [2.24, 2.45) is 0 Å². The third-order valence-electron chi connectivity index (χ3n) is 15.4. The molecule has 0 spiro atoms. The summed E-state index contributed by atoms with van der Waals surface area (Å²) < 4.78 is 11.5. The van der Waals surface area contributed by atoms with E-state index in [9.17, 15) is 0 Å². The first-order chi connectivity index (χ1) is 35.8. The summed E-state index contributed by atoms with van der Waals surface area (Å²) >= 11 is 0. The van der Waals surface area contributed by atoms with Crippen molar-refractivity contribution >= 4 is 66.4 Å². The standard InChI is InChI=1S/C69H64N5O.Pt/c1-66(2,3)46-35-36-70-64(40-46)74-61-34-31-50(73-59-28-17-15-25-54(59)55-26-16-18-29-60(55)73)42-57(61)56-33-32-53(43-63(56)74)75-52-24-19-23-49(41-52)71-44-72(51-38-47(67(4,5)6)37-48(39-51)68(7,8)9)65-58(27-20-30-62(65)71)69(10,11)45-21-13-12-14-22-45;/h12-40,42,44H,1-11H3;/q-3;. The number of hydrogen-bond donors (Lipinski definition) is 0. The SMILES string of the molecule is CC(C)(C)c1cc(N2[CH-]N(c3[c-]c(Oc4[c-]c5c(cc4)c4cc(-n6c7ccccc7c7ccccc76)ccc4n5-c4cc(C(C)(C)C)ccn4)ccc3)c3cccc(C(C)(C)c4ccccc4)c32)cc(C(C)(C)C)c1.[Pt]. The molecule has 0 saturated carbocycles. The Morgan fingerprint density at radius 1 is 0.447 bits per heavy atom. The largest absolute Gasteiger partial charge is 0.509 e. The second-order valence-corrected chi connectivity index (χ2v) is 23.9. The van der Waals surface area contributed by atoms with Gasteiger partial charge in [0.15, 0.2) is 0 Å². The van der Waals surface area contributed by atoms with Crippen LogP contribution in [0.5, 0.6) is 11.5 Å². The maximum absolute atomic E-state index is 6.87. The van der Waals surface area contributed by atoms with Crippen LogP contribution in [0.2, 0.25) is 0 Å². The predicted octanol–water partition coefficient (Wildman–Crippen LogP) is 18.3. The fraction of sp³-hybridized carbons (Fsp3) is 0.217. The van der Waals surface area contributed by atoms with Crippen LogP contribution in [0.4, 0.5) is 22.7 Å². The molecule has 12 rings (SSSR count). The fourth-order valence-corrected chi connectivity index (χ4v) is 11.0. The number of pyridine rings is 1. The van der Waals surface area contributed by atoms with Gasteiger partial charge in [0, 0.05) is 83.2 Å². The number of para-hydroxylation sites is 3. The van der Waals surface area contributed by atoms with E-state index in [1.54, 1.807) is 0 Å². The van der Waals surface area contributed by atoms with Gasteiger partial charge in [-0.25, -0.2) is 4.98 Å². The number of ether oxygens (including phenoxy) is 1. The fourth-order valence-electron chi connectivity index (χ4n) is 11.0. The Morgan fingerprint density at radius 3 is 1.74 bits per heavy atom. The van der Waals surface area contributed by atoms with Crippen LogP contribution in [0, 0.1) is 18.8 Å². The summed E-state index contributed by atoms with van der Waals surface area (Å²) in [5.74, 6) is 2.01. The van der Waals surface area contributed by atoms with Gasteiger partial charge in [-0.05, 0) is 110 Å².